The number of benzene rings is 1. The lowest BCUT2D eigenvalue weighted by Gasteiger charge is -2.28. The van der Waals surface area contributed by atoms with Crippen molar-refractivity contribution < 1.29 is 19.0 Å². The van der Waals surface area contributed by atoms with Gasteiger partial charge in [0.05, 0.1) is 11.7 Å². The van der Waals surface area contributed by atoms with Crippen LogP contribution in [0.25, 0.3) is 0 Å². The van der Waals surface area contributed by atoms with Gasteiger partial charge in [-0.05, 0) is 38.0 Å². The fourth-order valence-corrected chi connectivity index (χ4v) is 2.34. The van der Waals surface area contributed by atoms with Crippen molar-refractivity contribution in [2.45, 2.75) is 31.9 Å². The highest BCUT2D eigenvalue weighted by atomic mass is 19.1. The summed E-state index contributed by atoms with van der Waals surface area (Å²) in [6, 6.07) is 3.88. The molecular weight excluding hydrogens is 273 g/mol. The van der Waals surface area contributed by atoms with Gasteiger partial charge >= 0.3 is 0 Å². The Kier molecular flexibility index (Phi) is 5.32. The number of ether oxygens (including phenoxy) is 1. The molecule has 1 heterocycles. The molecule has 2 N–H and O–H groups in total. The van der Waals surface area contributed by atoms with Crippen LogP contribution >= 0.6 is 0 Å². The van der Waals surface area contributed by atoms with E-state index in [1.165, 1.54) is 18.2 Å². The third-order valence-electron chi connectivity index (χ3n) is 3.35. The van der Waals surface area contributed by atoms with E-state index >= 15 is 0 Å². The van der Waals surface area contributed by atoms with Crippen molar-refractivity contribution in [3.63, 3.8) is 0 Å². The molecular formula is C16H18FNO3. The molecule has 0 radical (unpaired) electrons. The molecule has 2 unspecified atom stereocenters. The van der Waals surface area contributed by atoms with E-state index < -0.39 is 5.82 Å². The summed E-state index contributed by atoms with van der Waals surface area (Å²) in [5.41, 5.74) is 0.596. The summed E-state index contributed by atoms with van der Waals surface area (Å²) in [6.45, 7) is 2.25. The molecule has 0 spiro atoms. The second kappa shape index (κ2) is 7.21. The molecule has 1 aromatic carbocycles. The molecule has 1 aliphatic heterocycles. The van der Waals surface area contributed by atoms with Gasteiger partial charge in [0.25, 0.3) is 5.91 Å². The number of aliphatic hydroxyl groups is 1. The van der Waals surface area contributed by atoms with Crippen molar-refractivity contribution in [3.05, 3.63) is 35.1 Å². The van der Waals surface area contributed by atoms with Crippen molar-refractivity contribution in [2.75, 3.05) is 13.2 Å². The maximum absolute atomic E-state index is 13.3. The standard InChI is InChI=1S/C16H18FNO3/c1-11-9-14(6-8-21-11)18-16(20)15-5-4-13(17)10-12(15)3-2-7-19/h4-5,10-11,14,19H,6-9H2,1H3,(H,18,20). The summed E-state index contributed by atoms with van der Waals surface area (Å²) in [6.07, 6.45) is 1.63. The summed E-state index contributed by atoms with van der Waals surface area (Å²) in [5, 5.41) is 11.7. The Morgan fingerprint density at radius 2 is 2.38 bits per heavy atom. The summed E-state index contributed by atoms with van der Waals surface area (Å²) < 4.78 is 18.7. The van der Waals surface area contributed by atoms with Crippen LogP contribution < -0.4 is 5.32 Å². The van der Waals surface area contributed by atoms with Gasteiger partial charge in [0.15, 0.2) is 0 Å². The molecule has 0 aromatic heterocycles. The zero-order valence-corrected chi connectivity index (χ0v) is 11.9. The van der Waals surface area contributed by atoms with Crippen LogP contribution in [0.3, 0.4) is 0 Å². The van der Waals surface area contributed by atoms with Gasteiger partial charge in [-0.25, -0.2) is 4.39 Å². The minimum absolute atomic E-state index is 0.0463. The predicted molar refractivity (Wildman–Crippen MR) is 76.3 cm³/mol. The van der Waals surface area contributed by atoms with Gasteiger partial charge in [0.1, 0.15) is 12.4 Å². The average molecular weight is 291 g/mol. The van der Waals surface area contributed by atoms with Crippen LogP contribution in [0.4, 0.5) is 4.39 Å². The van der Waals surface area contributed by atoms with Crippen LogP contribution in [0.2, 0.25) is 0 Å². The van der Waals surface area contributed by atoms with Crippen LogP contribution in [0, 0.1) is 17.7 Å². The SMILES string of the molecule is CC1CC(NC(=O)c2ccc(F)cc2C#CCO)CCO1. The van der Waals surface area contributed by atoms with E-state index in [0.29, 0.717) is 12.2 Å². The second-order valence-corrected chi connectivity index (χ2v) is 5.03. The molecule has 1 aromatic rings. The number of hydrogen-bond acceptors (Lipinski definition) is 3. The van der Waals surface area contributed by atoms with E-state index in [0.717, 1.165) is 12.8 Å². The Morgan fingerprint density at radius 1 is 1.57 bits per heavy atom. The summed E-state index contributed by atoms with van der Waals surface area (Å²) in [7, 11) is 0. The minimum Gasteiger partial charge on any atom is -0.384 e. The van der Waals surface area contributed by atoms with Crippen molar-refractivity contribution >= 4 is 5.91 Å². The summed E-state index contributed by atoms with van der Waals surface area (Å²) in [5.74, 6) is 4.30. The number of nitrogens with one attached hydrogen (secondary N) is 1. The van der Waals surface area contributed by atoms with Crippen LogP contribution in [0.15, 0.2) is 18.2 Å². The van der Waals surface area contributed by atoms with Crippen LogP contribution in [0.1, 0.15) is 35.7 Å². The van der Waals surface area contributed by atoms with Gasteiger partial charge in [-0.2, -0.15) is 0 Å². The van der Waals surface area contributed by atoms with Crippen molar-refractivity contribution in [1.29, 1.82) is 0 Å². The number of carbonyl (C=O) groups is 1. The third kappa shape index (κ3) is 4.28. The van der Waals surface area contributed by atoms with Crippen molar-refractivity contribution in [2.24, 2.45) is 0 Å². The maximum Gasteiger partial charge on any atom is 0.252 e. The van der Waals surface area contributed by atoms with E-state index in [1.54, 1.807) is 0 Å². The number of rotatable bonds is 2. The molecule has 21 heavy (non-hydrogen) atoms. The quantitative estimate of drug-likeness (QED) is 0.811. The second-order valence-electron chi connectivity index (χ2n) is 5.03. The lowest BCUT2D eigenvalue weighted by molar-refractivity contribution is 0.0136. The third-order valence-corrected chi connectivity index (χ3v) is 3.35. The van der Waals surface area contributed by atoms with Crippen molar-refractivity contribution in [1.82, 2.24) is 5.32 Å². The lowest BCUT2D eigenvalue weighted by Crippen LogP contribution is -2.41. The largest absolute Gasteiger partial charge is 0.384 e. The van der Waals surface area contributed by atoms with Crippen molar-refractivity contribution in [3.8, 4) is 11.8 Å². The van der Waals surface area contributed by atoms with Gasteiger partial charge in [-0.15, -0.1) is 0 Å². The van der Waals surface area contributed by atoms with Gasteiger partial charge in [-0.1, -0.05) is 11.8 Å². The zero-order chi connectivity index (χ0) is 15.2. The first-order valence-corrected chi connectivity index (χ1v) is 6.92. The molecule has 2 rings (SSSR count). The summed E-state index contributed by atoms with van der Waals surface area (Å²) in [4.78, 5) is 12.3. The van der Waals surface area contributed by atoms with E-state index in [1.807, 2.05) is 6.92 Å². The average Bonchev–Trinajstić information content (AvgIpc) is 2.45. The molecule has 1 fully saturated rings. The van der Waals surface area contributed by atoms with E-state index in [4.69, 9.17) is 9.84 Å². The van der Waals surface area contributed by atoms with Gasteiger partial charge in [-0.3, -0.25) is 4.79 Å². The Balaban J connectivity index is 2.14. The minimum atomic E-state index is -0.464. The molecule has 0 aliphatic carbocycles. The van der Waals surface area contributed by atoms with Gasteiger partial charge < -0.3 is 15.2 Å². The molecule has 112 valence electrons. The highest BCUT2D eigenvalue weighted by Gasteiger charge is 2.22. The molecule has 0 bridgehead atoms. The number of halogens is 1. The normalized spacial score (nSPS) is 21.3. The Labute approximate surface area is 123 Å². The fraction of sp³-hybridized carbons (Fsp3) is 0.438. The topological polar surface area (TPSA) is 58.6 Å². The van der Waals surface area contributed by atoms with Crippen LogP contribution in [-0.4, -0.2) is 36.4 Å². The Morgan fingerprint density at radius 3 is 3.10 bits per heavy atom. The monoisotopic (exact) mass is 291 g/mol. The lowest BCUT2D eigenvalue weighted by atomic mass is 10.0. The molecule has 2 atom stereocenters. The van der Waals surface area contributed by atoms with E-state index in [9.17, 15) is 9.18 Å². The predicted octanol–water partition coefficient (Wildman–Crippen LogP) is 1.47. The van der Waals surface area contributed by atoms with E-state index in [-0.39, 0.29) is 30.2 Å². The highest BCUT2D eigenvalue weighted by molar-refractivity contribution is 5.96. The zero-order valence-electron chi connectivity index (χ0n) is 11.9. The first-order chi connectivity index (χ1) is 10.1. The Bertz CT molecular complexity index is 577. The summed E-state index contributed by atoms with van der Waals surface area (Å²) >= 11 is 0. The smallest absolute Gasteiger partial charge is 0.252 e. The van der Waals surface area contributed by atoms with Crippen LogP contribution in [-0.2, 0) is 4.74 Å². The molecule has 4 nitrogen and oxygen atoms in total. The van der Waals surface area contributed by atoms with Crippen LogP contribution in [0.5, 0.6) is 0 Å². The van der Waals surface area contributed by atoms with Gasteiger partial charge in [0.2, 0.25) is 0 Å². The van der Waals surface area contributed by atoms with E-state index in [2.05, 4.69) is 17.2 Å². The maximum atomic E-state index is 13.3. The molecule has 0 saturated carbocycles. The molecule has 1 aliphatic rings. The molecule has 1 amide bonds. The number of carbonyl (C=O) groups excluding carboxylic acids is 1. The van der Waals surface area contributed by atoms with Gasteiger partial charge in [0, 0.05) is 18.2 Å². The number of aliphatic hydroxyl groups excluding tert-OH is 1. The first kappa shape index (κ1) is 15.5. The molecule has 1 saturated heterocycles. The highest BCUT2D eigenvalue weighted by Crippen LogP contribution is 2.15. The molecule has 5 heteroatoms. The fourth-order valence-electron chi connectivity index (χ4n) is 2.34. The first-order valence-electron chi connectivity index (χ1n) is 6.92. The Hall–Kier alpha value is -1.90. The number of hydrogen-bond donors (Lipinski definition) is 2. The number of amides is 1.